The van der Waals surface area contributed by atoms with Gasteiger partial charge in [0.25, 0.3) is 0 Å². The van der Waals surface area contributed by atoms with E-state index in [4.69, 9.17) is 9.72 Å². The molecule has 154 valence electrons. The zero-order valence-electron chi connectivity index (χ0n) is 16.5. The van der Waals surface area contributed by atoms with Crippen LogP contribution in [0.1, 0.15) is 11.3 Å². The van der Waals surface area contributed by atoms with Gasteiger partial charge < -0.3 is 9.64 Å². The molecule has 4 aromatic rings. The van der Waals surface area contributed by atoms with Crippen LogP contribution in [0.3, 0.4) is 0 Å². The Morgan fingerprint density at radius 3 is 2.73 bits per heavy atom. The van der Waals surface area contributed by atoms with Crippen molar-refractivity contribution in [1.82, 2.24) is 19.7 Å². The third kappa shape index (κ3) is 4.02. The number of hydrogen-bond donors (Lipinski definition) is 0. The topological polar surface area (TPSA) is 56.1 Å². The number of anilines is 1. The summed E-state index contributed by atoms with van der Waals surface area (Å²) in [4.78, 5) is 8.28. The Morgan fingerprint density at radius 2 is 1.93 bits per heavy atom. The first-order chi connectivity index (χ1) is 14.8. The predicted molar refractivity (Wildman–Crippen MR) is 124 cm³/mol. The van der Waals surface area contributed by atoms with Gasteiger partial charge in [-0.1, -0.05) is 36.0 Å². The number of rotatable bonds is 6. The van der Waals surface area contributed by atoms with Gasteiger partial charge in [0, 0.05) is 24.2 Å². The van der Waals surface area contributed by atoms with Crippen LogP contribution >= 0.6 is 34.4 Å². The smallest absolute Gasteiger partial charge is 0.232 e. The summed E-state index contributed by atoms with van der Waals surface area (Å²) in [5, 5.41) is 15.3. The molecule has 1 saturated heterocycles. The number of benzene rings is 1. The van der Waals surface area contributed by atoms with E-state index < -0.39 is 0 Å². The Hall–Kier alpha value is -2.20. The molecule has 1 fully saturated rings. The molecule has 1 aromatic carbocycles. The van der Waals surface area contributed by atoms with Gasteiger partial charge in [-0.05, 0) is 30.0 Å². The van der Waals surface area contributed by atoms with Crippen LogP contribution in [0.15, 0.2) is 52.3 Å². The number of para-hydroxylation sites is 1. The van der Waals surface area contributed by atoms with Gasteiger partial charge in [-0.25, -0.2) is 4.98 Å². The second-order valence-electron chi connectivity index (χ2n) is 6.91. The summed E-state index contributed by atoms with van der Waals surface area (Å²) in [6.45, 7) is 5.21. The van der Waals surface area contributed by atoms with Crippen LogP contribution in [0.25, 0.3) is 15.6 Å². The molecule has 3 aromatic heterocycles. The number of thiazole rings is 1. The molecular weight excluding hydrogens is 434 g/mol. The van der Waals surface area contributed by atoms with Crippen LogP contribution < -0.4 is 4.90 Å². The number of thiophene rings is 1. The van der Waals surface area contributed by atoms with Crippen molar-refractivity contribution in [3.63, 3.8) is 0 Å². The highest BCUT2D eigenvalue weighted by Gasteiger charge is 2.22. The normalized spacial score (nSPS) is 14.4. The third-order valence-corrected chi connectivity index (χ3v) is 7.79. The first-order valence-electron chi connectivity index (χ1n) is 9.75. The maximum atomic E-state index is 5.52. The van der Waals surface area contributed by atoms with E-state index in [0.29, 0.717) is 13.2 Å². The Morgan fingerprint density at radius 1 is 1.07 bits per heavy atom. The Labute approximate surface area is 187 Å². The maximum absolute atomic E-state index is 5.52. The van der Waals surface area contributed by atoms with Crippen LogP contribution in [0, 0.1) is 6.92 Å². The molecular formula is C21H21N5OS3. The summed E-state index contributed by atoms with van der Waals surface area (Å²) in [6, 6.07) is 12.6. The maximum Gasteiger partial charge on any atom is 0.232 e. The van der Waals surface area contributed by atoms with Crippen molar-refractivity contribution in [2.24, 2.45) is 0 Å². The number of ether oxygens (including phenoxy) is 1. The summed E-state index contributed by atoms with van der Waals surface area (Å²) in [5.41, 5.74) is 3.38. The van der Waals surface area contributed by atoms with Crippen molar-refractivity contribution in [2.45, 2.75) is 17.8 Å². The summed E-state index contributed by atoms with van der Waals surface area (Å²) in [7, 11) is 0. The molecule has 0 radical (unpaired) electrons. The molecule has 0 spiro atoms. The minimum absolute atomic E-state index is 0.716. The predicted octanol–water partition coefficient (Wildman–Crippen LogP) is 4.89. The van der Waals surface area contributed by atoms with Crippen molar-refractivity contribution in [3.8, 4) is 15.6 Å². The molecule has 5 rings (SSSR count). The molecule has 0 bridgehead atoms. The van der Waals surface area contributed by atoms with Crippen molar-refractivity contribution < 1.29 is 4.74 Å². The quantitative estimate of drug-likeness (QED) is 0.386. The fraction of sp³-hybridized carbons (Fsp3) is 0.286. The standard InChI is InChI=1S/C21H21N5OS3/c1-15-5-2-3-6-17(15)26-20(25-8-10-27-11-9-25)23-24-21(26)30-14-16-13-29-19(22-16)18-7-4-12-28-18/h2-7,12-13H,8-11,14H2,1H3. The van der Waals surface area contributed by atoms with Crippen molar-refractivity contribution in [1.29, 1.82) is 0 Å². The molecule has 0 unspecified atom stereocenters. The highest BCUT2D eigenvalue weighted by molar-refractivity contribution is 7.98. The van der Waals surface area contributed by atoms with E-state index in [1.807, 2.05) is 0 Å². The average molecular weight is 456 g/mol. The zero-order chi connectivity index (χ0) is 20.3. The molecule has 1 aliphatic heterocycles. The van der Waals surface area contributed by atoms with Gasteiger partial charge in [0.15, 0.2) is 5.16 Å². The minimum Gasteiger partial charge on any atom is -0.378 e. The van der Waals surface area contributed by atoms with E-state index in [-0.39, 0.29) is 0 Å². The van der Waals surface area contributed by atoms with Gasteiger partial charge in [-0.2, -0.15) is 0 Å². The monoisotopic (exact) mass is 455 g/mol. The molecule has 6 nitrogen and oxygen atoms in total. The van der Waals surface area contributed by atoms with E-state index in [1.54, 1.807) is 34.4 Å². The number of nitrogens with zero attached hydrogens (tertiary/aromatic N) is 5. The van der Waals surface area contributed by atoms with Gasteiger partial charge in [0.2, 0.25) is 5.95 Å². The van der Waals surface area contributed by atoms with Crippen LogP contribution in [0.2, 0.25) is 0 Å². The van der Waals surface area contributed by atoms with Crippen LogP contribution in [-0.2, 0) is 10.5 Å². The second-order valence-corrected chi connectivity index (χ2v) is 9.66. The number of hydrogen-bond acceptors (Lipinski definition) is 8. The molecule has 0 amide bonds. The highest BCUT2D eigenvalue weighted by atomic mass is 32.2. The fourth-order valence-electron chi connectivity index (χ4n) is 3.37. The fourth-order valence-corrected chi connectivity index (χ4v) is 5.95. The van der Waals surface area contributed by atoms with Gasteiger partial charge >= 0.3 is 0 Å². The molecule has 30 heavy (non-hydrogen) atoms. The molecule has 4 heterocycles. The number of aromatic nitrogens is 4. The van der Waals surface area contributed by atoms with Crippen LogP contribution in [0.4, 0.5) is 5.95 Å². The number of aryl methyl sites for hydroxylation is 1. The van der Waals surface area contributed by atoms with Gasteiger partial charge in [-0.3, -0.25) is 4.57 Å². The average Bonchev–Trinajstić information content (AvgIpc) is 3.53. The molecule has 0 aliphatic carbocycles. The summed E-state index contributed by atoms with van der Waals surface area (Å²) < 4.78 is 7.70. The lowest BCUT2D eigenvalue weighted by Gasteiger charge is -2.28. The summed E-state index contributed by atoms with van der Waals surface area (Å²) in [5.74, 6) is 1.64. The van der Waals surface area contributed by atoms with E-state index in [9.17, 15) is 0 Å². The van der Waals surface area contributed by atoms with E-state index in [0.717, 1.165) is 46.3 Å². The number of thioether (sulfide) groups is 1. The minimum atomic E-state index is 0.716. The number of morpholine rings is 1. The third-order valence-electron chi connectivity index (χ3n) is 4.90. The van der Waals surface area contributed by atoms with Gasteiger partial charge in [0.1, 0.15) is 5.01 Å². The Kier molecular flexibility index (Phi) is 5.85. The molecule has 0 atom stereocenters. The highest BCUT2D eigenvalue weighted by Crippen LogP contribution is 2.33. The second kappa shape index (κ2) is 8.89. The molecule has 0 N–H and O–H groups in total. The molecule has 0 saturated carbocycles. The zero-order valence-corrected chi connectivity index (χ0v) is 19.0. The largest absolute Gasteiger partial charge is 0.378 e. The lowest BCUT2D eigenvalue weighted by atomic mass is 10.2. The van der Waals surface area contributed by atoms with Crippen LogP contribution in [0.5, 0.6) is 0 Å². The van der Waals surface area contributed by atoms with Crippen molar-refractivity contribution in [3.05, 3.63) is 58.4 Å². The first-order valence-corrected chi connectivity index (χ1v) is 12.5. The summed E-state index contributed by atoms with van der Waals surface area (Å²) >= 11 is 5.10. The van der Waals surface area contributed by atoms with E-state index in [2.05, 4.69) is 73.7 Å². The van der Waals surface area contributed by atoms with Crippen molar-refractivity contribution in [2.75, 3.05) is 31.2 Å². The van der Waals surface area contributed by atoms with Crippen molar-refractivity contribution >= 4 is 40.4 Å². The summed E-state index contributed by atoms with van der Waals surface area (Å²) in [6.07, 6.45) is 0. The van der Waals surface area contributed by atoms with Gasteiger partial charge in [-0.15, -0.1) is 32.9 Å². The lowest BCUT2D eigenvalue weighted by molar-refractivity contribution is 0.122. The van der Waals surface area contributed by atoms with E-state index >= 15 is 0 Å². The van der Waals surface area contributed by atoms with E-state index in [1.165, 1.54) is 10.4 Å². The molecule has 9 heteroatoms. The lowest BCUT2D eigenvalue weighted by Crippen LogP contribution is -2.38. The molecule has 1 aliphatic rings. The first kappa shape index (κ1) is 19.7. The van der Waals surface area contributed by atoms with Crippen LogP contribution in [-0.4, -0.2) is 46.1 Å². The Bertz CT molecular complexity index is 1120. The Balaban J connectivity index is 1.43. The SMILES string of the molecule is Cc1ccccc1-n1c(SCc2csc(-c3cccs3)n2)nnc1N1CCOCC1. The van der Waals surface area contributed by atoms with Gasteiger partial charge in [0.05, 0.1) is 29.5 Å².